The van der Waals surface area contributed by atoms with Crippen LogP contribution in [-0.2, 0) is 4.79 Å². The van der Waals surface area contributed by atoms with Crippen molar-refractivity contribution >= 4 is 22.6 Å². The summed E-state index contributed by atoms with van der Waals surface area (Å²) in [7, 11) is 1.56. The third-order valence-electron chi connectivity index (χ3n) is 4.18. The Morgan fingerprint density at radius 3 is 2.38 bits per heavy atom. The van der Waals surface area contributed by atoms with Gasteiger partial charge in [0.25, 0.3) is 11.7 Å². The standard InChI is InChI=1S/C19H26N2O3/c1-4-6-11-21(12-7-5-2)19(23)18(22)14-13-20-15-9-8-10-16(24-3)17(14)15/h8-10,13,20H,4-7,11-12H2,1-3H3. The first-order valence-electron chi connectivity index (χ1n) is 8.61. The van der Waals surface area contributed by atoms with E-state index in [1.165, 1.54) is 0 Å². The van der Waals surface area contributed by atoms with Gasteiger partial charge in [-0.1, -0.05) is 32.8 Å². The van der Waals surface area contributed by atoms with E-state index in [9.17, 15) is 9.59 Å². The third-order valence-corrected chi connectivity index (χ3v) is 4.18. The average Bonchev–Trinajstić information content (AvgIpc) is 3.04. The van der Waals surface area contributed by atoms with Crippen molar-refractivity contribution in [1.82, 2.24) is 9.88 Å². The van der Waals surface area contributed by atoms with Gasteiger partial charge in [-0.3, -0.25) is 9.59 Å². The van der Waals surface area contributed by atoms with E-state index in [0.29, 0.717) is 29.8 Å². The molecule has 5 nitrogen and oxygen atoms in total. The number of ether oxygens (including phenoxy) is 1. The SMILES string of the molecule is CCCCN(CCCC)C(=O)C(=O)c1c[nH]c2cccc(OC)c12. The highest BCUT2D eigenvalue weighted by atomic mass is 16.5. The van der Waals surface area contributed by atoms with Gasteiger partial charge in [-0.2, -0.15) is 0 Å². The Kier molecular flexibility index (Phi) is 6.41. The van der Waals surface area contributed by atoms with Gasteiger partial charge >= 0.3 is 0 Å². The minimum absolute atomic E-state index is 0.380. The number of nitrogens with one attached hydrogen (secondary N) is 1. The zero-order valence-corrected chi connectivity index (χ0v) is 14.7. The number of Topliss-reactive ketones (excluding diaryl/α,β-unsaturated/α-hetero) is 1. The van der Waals surface area contributed by atoms with E-state index in [0.717, 1.165) is 31.2 Å². The average molecular weight is 330 g/mol. The number of rotatable bonds is 9. The molecule has 1 aromatic heterocycles. The molecule has 1 aromatic carbocycles. The maximum Gasteiger partial charge on any atom is 0.295 e. The van der Waals surface area contributed by atoms with E-state index in [1.807, 2.05) is 12.1 Å². The van der Waals surface area contributed by atoms with Crippen molar-refractivity contribution in [3.63, 3.8) is 0 Å². The van der Waals surface area contributed by atoms with E-state index in [2.05, 4.69) is 18.8 Å². The van der Waals surface area contributed by atoms with Crippen LogP contribution in [0.3, 0.4) is 0 Å². The predicted octanol–water partition coefficient (Wildman–Crippen LogP) is 3.79. The summed E-state index contributed by atoms with van der Waals surface area (Å²) < 4.78 is 5.35. The minimum Gasteiger partial charge on any atom is -0.496 e. The number of aromatic amines is 1. The van der Waals surface area contributed by atoms with Crippen molar-refractivity contribution in [2.45, 2.75) is 39.5 Å². The lowest BCUT2D eigenvalue weighted by Gasteiger charge is -2.21. The molecule has 5 heteroatoms. The molecule has 0 bridgehead atoms. The van der Waals surface area contributed by atoms with Crippen LogP contribution >= 0.6 is 0 Å². The molecule has 0 radical (unpaired) electrons. The fraction of sp³-hybridized carbons (Fsp3) is 0.474. The highest BCUT2D eigenvalue weighted by molar-refractivity contribution is 6.45. The molecular formula is C19H26N2O3. The first-order valence-corrected chi connectivity index (χ1v) is 8.61. The Balaban J connectivity index is 2.30. The molecular weight excluding hydrogens is 304 g/mol. The van der Waals surface area contributed by atoms with Gasteiger partial charge in [0.2, 0.25) is 0 Å². The summed E-state index contributed by atoms with van der Waals surface area (Å²) in [5, 5.41) is 0.671. The van der Waals surface area contributed by atoms with Crippen molar-refractivity contribution in [1.29, 1.82) is 0 Å². The van der Waals surface area contributed by atoms with Crippen molar-refractivity contribution < 1.29 is 14.3 Å². The van der Waals surface area contributed by atoms with Crippen molar-refractivity contribution in [2.24, 2.45) is 0 Å². The fourth-order valence-corrected chi connectivity index (χ4v) is 2.77. The van der Waals surface area contributed by atoms with Gasteiger partial charge in [0.1, 0.15) is 5.75 Å². The topological polar surface area (TPSA) is 62.4 Å². The van der Waals surface area contributed by atoms with E-state index in [4.69, 9.17) is 4.74 Å². The Bertz CT molecular complexity index is 698. The molecule has 24 heavy (non-hydrogen) atoms. The van der Waals surface area contributed by atoms with Crippen molar-refractivity contribution in [3.05, 3.63) is 30.0 Å². The first kappa shape index (κ1) is 18.0. The van der Waals surface area contributed by atoms with Crippen LogP contribution < -0.4 is 4.74 Å². The Labute approximate surface area is 143 Å². The normalized spacial score (nSPS) is 10.8. The summed E-state index contributed by atoms with van der Waals surface area (Å²) in [5.74, 6) is -0.305. The number of methoxy groups -OCH3 is 1. The second kappa shape index (κ2) is 8.52. The minimum atomic E-state index is -0.474. The predicted molar refractivity (Wildman–Crippen MR) is 95.6 cm³/mol. The molecule has 0 aliphatic carbocycles. The lowest BCUT2D eigenvalue weighted by molar-refractivity contribution is -0.126. The number of ketones is 1. The van der Waals surface area contributed by atoms with Gasteiger partial charge in [0.15, 0.2) is 0 Å². The lowest BCUT2D eigenvalue weighted by atomic mass is 10.1. The number of fused-ring (bicyclic) bond motifs is 1. The Morgan fingerprint density at radius 2 is 1.79 bits per heavy atom. The number of hydrogen-bond donors (Lipinski definition) is 1. The van der Waals surface area contributed by atoms with Crippen LogP contribution in [0.15, 0.2) is 24.4 Å². The Morgan fingerprint density at radius 1 is 1.12 bits per heavy atom. The summed E-state index contributed by atoms with van der Waals surface area (Å²) in [6.45, 7) is 5.41. The maximum absolute atomic E-state index is 12.8. The molecule has 130 valence electrons. The largest absolute Gasteiger partial charge is 0.496 e. The van der Waals surface area contributed by atoms with Gasteiger partial charge in [0.05, 0.1) is 18.1 Å². The molecule has 0 saturated carbocycles. The zero-order valence-electron chi connectivity index (χ0n) is 14.7. The monoisotopic (exact) mass is 330 g/mol. The Hall–Kier alpha value is -2.30. The molecule has 1 amide bonds. The van der Waals surface area contributed by atoms with Crippen LogP contribution in [0.2, 0.25) is 0 Å². The summed E-state index contributed by atoms with van der Waals surface area (Å²) >= 11 is 0. The molecule has 0 aliphatic heterocycles. The molecule has 0 spiro atoms. The quantitative estimate of drug-likeness (QED) is 0.562. The smallest absolute Gasteiger partial charge is 0.295 e. The number of carbonyl (C=O) groups is 2. The van der Waals surface area contributed by atoms with Crippen molar-refractivity contribution in [2.75, 3.05) is 20.2 Å². The highest BCUT2D eigenvalue weighted by Crippen LogP contribution is 2.29. The molecule has 1 heterocycles. The molecule has 0 atom stereocenters. The van der Waals surface area contributed by atoms with Gasteiger partial charge < -0.3 is 14.6 Å². The molecule has 0 fully saturated rings. The van der Waals surface area contributed by atoms with Crippen molar-refractivity contribution in [3.8, 4) is 5.75 Å². The van der Waals surface area contributed by atoms with Crippen LogP contribution in [0.25, 0.3) is 10.9 Å². The molecule has 0 saturated heterocycles. The van der Waals surface area contributed by atoms with Gasteiger partial charge in [-0.15, -0.1) is 0 Å². The van der Waals surface area contributed by atoms with Crippen LogP contribution in [-0.4, -0.2) is 41.8 Å². The fourth-order valence-electron chi connectivity index (χ4n) is 2.77. The highest BCUT2D eigenvalue weighted by Gasteiger charge is 2.26. The molecule has 2 aromatic rings. The molecule has 0 aliphatic rings. The van der Waals surface area contributed by atoms with Crippen LogP contribution in [0.4, 0.5) is 0 Å². The summed E-state index contributed by atoms with van der Waals surface area (Å²) in [4.78, 5) is 30.2. The van der Waals surface area contributed by atoms with E-state index < -0.39 is 11.7 Å². The van der Waals surface area contributed by atoms with Gasteiger partial charge in [-0.25, -0.2) is 0 Å². The zero-order chi connectivity index (χ0) is 17.5. The second-order valence-corrected chi connectivity index (χ2v) is 5.91. The summed E-state index contributed by atoms with van der Waals surface area (Å²) in [6.07, 6.45) is 5.39. The molecule has 0 unspecified atom stereocenters. The lowest BCUT2D eigenvalue weighted by Crippen LogP contribution is -2.38. The van der Waals surface area contributed by atoms with E-state index >= 15 is 0 Å². The van der Waals surface area contributed by atoms with E-state index in [1.54, 1.807) is 24.3 Å². The van der Waals surface area contributed by atoms with Gasteiger partial charge in [-0.05, 0) is 25.0 Å². The number of carbonyl (C=O) groups excluding carboxylic acids is 2. The number of hydrogen-bond acceptors (Lipinski definition) is 3. The third kappa shape index (κ3) is 3.78. The van der Waals surface area contributed by atoms with E-state index in [-0.39, 0.29) is 0 Å². The maximum atomic E-state index is 12.8. The van der Waals surface area contributed by atoms with Gasteiger partial charge in [0, 0.05) is 24.8 Å². The number of nitrogens with zero attached hydrogens (tertiary/aromatic N) is 1. The van der Waals surface area contributed by atoms with Crippen LogP contribution in [0, 0.1) is 0 Å². The summed E-state index contributed by atoms with van der Waals surface area (Å²) in [5.41, 5.74) is 1.17. The summed E-state index contributed by atoms with van der Waals surface area (Å²) in [6, 6.07) is 5.51. The van der Waals surface area contributed by atoms with Crippen LogP contribution in [0.5, 0.6) is 5.75 Å². The number of aromatic nitrogens is 1. The number of unbranched alkanes of at least 4 members (excludes halogenated alkanes) is 2. The number of benzene rings is 1. The first-order chi connectivity index (χ1) is 11.6. The van der Waals surface area contributed by atoms with Crippen LogP contribution in [0.1, 0.15) is 49.9 Å². The molecule has 2 rings (SSSR count). The number of amides is 1. The number of H-pyrrole nitrogens is 1. The molecule has 1 N–H and O–H groups in total. The second-order valence-electron chi connectivity index (χ2n) is 5.91.